The Balaban J connectivity index is 1.60. The van der Waals surface area contributed by atoms with Gasteiger partial charge in [-0.1, -0.05) is 0 Å². The van der Waals surface area contributed by atoms with E-state index in [4.69, 9.17) is 10.00 Å². The van der Waals surface area contributed by atoms with E-state index in [1.165, 1.54) is 4.90 Å². The zero-order chi connectivity index (χ0) is 22.6. The van der Waals surface area contributed by atoms with Crippen LogP contribution in [0.5, 0.6) is 0 Å². The fourth-order valence-electron chi connectivity index (χ4n) is 4.20. The number of nitrogens with zero attached hydrogens (tertiary/aromatic N) is 2. The molecule has 2 N–H and O–H groups in total. The standard InChI is InChI=1S/C23H16F2N4O3/c1-29(23(31)18-5-12-4-11(8-26)2-3-17(12)27-18)20-10-32-9-19-21(20)13-6-15(24)16(25)7-14(13)22(30)28-19/h2-7,20,27H,9-10H2,1H3,(H,28,30). The van der Waals surface area contributed by atoms with Gasteiger partial charge in [0.15, 0.2) is 11.6 Å². The Morgan fingerprint density at radius 1 is 1.16 bits per heavy atom. The number of carbonyl (C=O) groups is 1. The van der Waals surface area contributed by atoms with Crippen molar-refractivity contribution in [3.8, 4) is 6.07 Å². The second-order valence-electron chi connectivity index (χ2n) is 7.70. The Morgan fingerprint density at radius 2 is 1.91 bits per heavy atom. The van der Waals surface area contributed by atoms with Crippen molar-refractivity contribution in [3.05, 3.63) is 80.9 Å². The Kier molecular flexibility index (Phi) is 4.53. The number of H-pyrrole nitrogens is 2. The predicted octanol–water partition coefficient (Wildman–Crippen LogP) is 3.50. The lowest BCUT2D eigenvalue weighted by Gasteiger charge is -2.33. The van der Waals surface area contributed by atoms with Crippen LogP contribution in [0.2, 0.25) is 0 Å². The molecule has 5 rings (SSSR count). The fraction of sp³-hybridized carbons (Fsp3) is 0.174. The van der Waals surface area contributed by atoms with Crippen molar-refractivity contribution in [3.63, 3.8) is 0 Å². The summed E-state index contributed by atoms with van der Waals surface area (Å²) in [5, 5.41) is 10.0. The molecule has 2 aromatic carbocycles. The van der Waals surface area contributed by atoms with Crippen LogP contribution >= 0.6 is 0 Å². The number of aromatic nitrogens is 2. The lowest BCUT2D eigenvalue weighted by atomic mass is 9.95. The first-order chi connectivity index (χ1) is 15.4. The minimum atomic E-state index is -1.12. The largest absolute Gasteiger partial charge is 0.373 e. The molecule has 1 amide bonds. The molecule has 1 unspecified atom stereocenters. The van der Waals surface area contributed by atoms with Gasteiger partial charge in [-0.05, 0) is 41.8 Å². The third kappa shape index (κ3) is 3.04. The summed E-state index contributed by atoms with van der Waals surface area (Å²) in [6, 6.07) is 9.97. The van der Waals surface area contributed by atoms with Gasteiger partial charge in [-0.2, -0.15) is 5.26 Å². The molecule has 160 valence electrons. The van der Waals surface area contributed by atoms with Gasteiger partial charge < -0.3 is 19.6 Å². The molecule has 0 saturated heterocycles. The van der Waals surface area contributed by atoms with Gasteiger partial charge in [0.2, 0.25) is 0 Å². The summed E-state index contributed by atoms with van der Waals surface area (Å²) < 4.78 is 33.4. The van der Waals surface area contributed by atoms with Gasteiger partial charge >= 0.3 is 0 Å². The third-order valence-electron chi connectivity index (χ3n) is 5.81. The highest BCUT2D eigenvalue weighted by Gasteiger charge is 2.32. The van der Waals surface area contributed by atoms with Gasteiger partial charge in [0.1, 0.15) is 5.69 Å². The number of carbonyl (C=O) groups excluding carboxylic acids is 1. The number of hydrogen-bond acceptors (Lipinski definition) is 4. The molecule has 0 fully saturated rings. The number of rotatable bonds is 2. The maximum Gasteiger partial charge on any atom is 0.270 e. The highest BCUT2D eigenvalue weighted by atomic mass is 19.2. The summed E-state index contributed by atoms with van der Waals surface area (Å²) in [5.74, 6) is -2.55. The number of nitrogens with one attached hydrogen (secondary N) is 2. The number of amides is 1. The van der Waals surface area contributed by atoms with Crippen LogP contribution in [0.4, 0.5) is 8.78 Å². The molecule has 3 heterocycles. The highest BCUT2D eigenvalue weighted by molar-refractivity contribution is 5.98. The van der Waals surface area contributed by atoms with Crippen molar-refractivity contribution < 1.29 is 18.3 Å². The average molecular weight is 434 g/mol. The van der Waals surface area contributed by atoms with Crippen LogP contribution in [0.15, 0.2) is 41.2 Å². The molecule has 0 aliphatic carbocycles. The minimum Gasteiger partial charge on any atom is -0.373 e. The monoisotopic (exact) mass is 434 g/mol. The molecule has 0 spiro atoms. The van der Waals surface area contributed by atoms with E-state index in [0.29, 0.717) is 33.4 Å². The third-order valence-corrected chi connectivity index (χ3v) is 5.81. The molecule has 0 radical (unpaired) electrons. The summed E-state index contributed by atoms with van der Waals surface area (Å²) in [7, 11) is 1.58. The number of ether oxygens (including phenoxy) is 1. The van der Waals surface area contributed by atoms with E-state index in [-0.39, 0.29) is 29.9 Å². The Labute approximate surface area is 179 Å². The minimum absolute atomic E-state index is 0.00467. The van der Waals surface area contributed by atoms with Crippen LogP contribution in [0.25, 0.3) is 21.7 Å². The van der Waals surface area contributed by atoms with Gasteiger partial charge in [-0.25, -0.2) is 8.78 Å². The highest BCUT2D eigenvalue weighted by Crippen LogP contribution is 2.34. The molecule has 9 heteroatoms. The maximum atomic E-state index is 14.1. The summed E-state index contributed by atoms with van der Waals surface area (Å²) in [5.41, 5.74) is 1.86. The van der Waals surface area contributed by atoms with E-state index < -0.39 is 23.2 Å². The van der Waals surface area contributed by atoms with Gasteiger partial charge in [-0.15, -0.1) is 0 Å². The van der Waals surface area contributed by atoms with Crippen molar-refractivity contribution in [2.75, 3.05) is 13.7 Å². The zero-order valence-electron chi connectivity index (χ0n) is 16.8. The molecule has 7 nitrogen and oxygen atoms in total. The molecule has 4 aromatic rings. The Morgan fingerprint density at radius 3 is 2.66 bits per heavy atom. The van der Waals surface area contributed by atoms with Crippen LogP contribution in [-0.4, -0.2) is 34.4 Å². The Hall–Kier alpha value is -4.03. The summed E-state index contributed by atoms with van der Waals surface area (Å²) in [6.07, 6.45) is 0. The number of fused-ring (bicyclic) bond motifs is 4. The van der Waals surface area contributed by atoms with E-state index in [0.717, 1.165) is 12.1 Å². The van der Waals surface area contributed by atoms with Crippen molar-refractivity contribution in [1.82, 2.24) is 14.9 Å². The zero-order valence-corrected chi connectivity index (χ0v) is 16.8. The number of benzene rings is 2. The van der Waals surface area contributed by atoms with Crippen molar-refractivity contribution in [2.45, 2.75) is 12.6 Å². The number of pyridine rings is 1. The smallest absolute Gasteiger partial charge is 0.270 e. The van der Waals surface area contributed by atoms with Crippen LogP contribution in [-0.2, 0) is 11.3 Å². The summed E-state index contributed by atoms with van der Waals surface area (Å²) in [4.78, 5) is 32.8. The van der Waals surface area contributed by atoms with E-state index in [9.17, 15) is 18.4 Å². The first-order valence-corrected chi connectivity index (χ1v) is 9.79. The second-order valence-corrected chi connectivity index (χ2v) is 7.70. The van der Waals surface area contributed by atoms with Crippen molar-refractivity contribution in [1.29, 1.82) is 5.26 Å². The molecule has 1 aliphatic rings. The van der Waals surface area contributed by atoms with E-state index in [2.05, 4.69) is 16.0 Å². The van der Waals surface area contributed by atoms with Crippen molar-refractivity contribution >= 4 is 27.6 Å². The number of hydrogen-bond donors (Lipinski definition) is 2. The van der Waals surface area contributed by atoms with Crippen molar-refractivity contribution in [2.24, 2.45) is 0 Å². The number of halogens is 2. The SMILES string of the molecule is CN(C(=O)c1cc2cc(C#N)ccc2[nH]1)C1COCc2[nH]c(=O)c3cc(F)c(F)cc3c21. The van der Waals surface area contributed by atoms with Crippen LogP contribution < -0.4 is 5.56 Å². The van der Waals surface area contributed by atoms with Crippen LogP contribution in [0, 0.1) is 23.0 Å². The molecule has 0 saturated carbocycles. The van der Waals surface area contributed by atoms with E-state index in [1.54, 1.807) is 31.3 Å². The molecule has 2 aromatic heterocycles. The Bertz CT molecular complexity index is 1520. The van der Waals surface area contributed by atoms with Crippen LogP contribution in [0.1, 0.15) is 33.4 Å². The summed E-state index contributed by atoms with van der Waals surface area (Å²) >= 11 is 0. The second kappa shape index (κ2) is 7.28. The van der Waals surface area contributed by atoms with E-state index >= 15 is 0 Å². The number of likely N-dealkylation sites (N-methyl/N-ethyl adjacent to an activating group) is 1. The normalized spacial score (nSPS) is 15.5. The lowest BCUT2D eigenvalue weighted by Crippen LogP contribution is -2.37. The number of aromatic amines is 2. The molecule has 1 atom stereocenters. The molecular formula is C23H16F2N4O3. The molecule has 1 aliphatic heterocycles. The lowest BCUT2D eigenvalue weighted by molar-refractivity contribution is 0.0333. The average Bonchev–Trinajstić information content (AvgIpc) is 3.22. The molecule has 32 heavy (non-hydrogen) atoms. The topological polar surface area (TPSA) is 102 Å². The van der Waals surface area contributed by atoms with Gasteiger partial charge in [0.05, 0.1) is 36.3 Å². The molecule has 0 bridgehead atoms. The molecular weight excluding hydrogens is 418 g/mol. The van der Waals surface area contributed by atoms with Crippen LogP contribution in [0.3, 0.4) is 0 Å². The van der Waals surface area contributed by atoms with Gasteiger partial charge in [0, 0.05) is 29.2 Å². The number of nitriles is 1. The fourth-order valence-corrected chi connectivity index (χ4v) is 4.20. The maximum absolute atomic E-state index is 14.1. The first kappa shape index (κ1) is 19.9. The summed E-state index contributed by atoms with van der Waals surface area (Å²) in [6.45, 7) is 0.204. The van der Waals surface area contributed by atoms with Gasteiger partial charge in [0.25, 0.3) is 11.5 Å². The predicted molar refractivity (Wildman–Crippen MR) is 112 cm³/mol. The first-order valence-electron chi connectivity index (χ1n) is 9.79. The quantitative estimate of drug-likeness (QED) is 0.504. The van der Waals surface area contributed by atoms with Gasteiger partial charge in [-0.3, -0.25) is 9.59 Å². The van der Waals surface area contributed by atoms with E-state index in [1.807, 2.05) is 0 Å².